The number of nitrogens with zero attached hydrogens (tertiary/aromatic N) is 2. The van der Waals surface area contributed by atoms with Gasteiger partial charge in [0.15, 0.2) is 5.82 Å². The van der Waals surface area contributed by atoms with Crippen LogP contribution >= 0.6 is 0 Å². The van der Waals surface area contributed by atoms with E-state index in [9.17, 15) is 13.6 Å². The minimum Gasteiger partial charge on any atom is -0.462 e. The molecule has 0 aliphatic heterocycles. The number of rotatable bonds is 5. The molecule has 0 aliphatic carbocycles. The van der Waals surface area contributed by atoms with Crippen LogP contribution in [0.3, 0.4) is 0 Å². The largest absolute Gasteiger partial charge is 0.462 e. The van der Waals surface area contributed by atoms with Crippen LogP contribution in [0.2, 0.25) is 0 Å². The van der Waals surface area contributed by atoms with Gasteiger partial charge in [0.25, 0.3) is 0 Å². The predicted molar refractivity (Wildman–Crippen MR) is 74.8 cm³/mol. The highest BCUT2D eigenvalue weighted by atomic mass is 19.3. The van der Waals surface area contributed by atoms with Gasteiger partial charge in [0, 0.05) is 11.8 Å². The number of carbonyl (C=O) groups is 1. The molecule has 1 heterocycles. The van der Waals surface area contributed by atoms with Crippen LogP contribution in [0.4, 0.5) is 8.78 Å². The summed E-state index contributed by atoms with van der Waals surface area (Å²) in [5, 5.41) is 0. The van der Waals surface area contributed by atoms with Gasteiger partial charge in [-0.2, -0.15) is 8.78 Å². The zero-order valence-electron chi connectivity index (χ0n) is 12.0. The molecule has 0 spiro atoms. The molecule has 0 bridgehead atoms. The van der Waals surface area contributed by atoms with E-state index in [1.807, 2.05) is 0 Å². The third kappa shape index (κ3) is 3.75. The van der Waals surface area contributed by atoms with E-state index in [4.69, 9.17) is 4.74 Å². The molecule has 0 saturated carbocycles. The zero-order chi connectivity index (χ0) is 16.1. The lowest BCUT2D eigenvalue weighted by molar-refractivity contribution is -0.0498. The molecule has 0 atom stereocenters. The summed E-state index contributed by atoms with van der Waals surface area (Å²) in [6.07, 6.45) is 1.39. The molecule has 0 N–H and O–H groups in total. The summed E-state index contributed by atoms with van der Waals surface area (Å²) in [4.78, 5) is 20.0. The Morgan fingerprint density at radius 1 is 1.27 bits per heavy atom. The quantitative estimate of drug-likeness (QED) is 0.794. The Labute approximate surface area is 125 Å². The highest BCUT2D eigenvalue weighted by Gasteiger charge is 2.13. The number of carbonyl (C=O) groups excluding carboxylic acids is 1. The minimum absolute atomic E-state index is 0.0543. The first-order valence-corrected chi connectivity index (χ1v) is 6.57. The lowest BCUT2D eigenvalue weighted by Gasteiger charge is -2.07. The number of benzene rings is 1. The Balaban J connectivity index is 2.22. The monoisotopic (exact) mass is 308 g/mol. The fourth-order valence-corrected chi connectivity index (χ4v) is 1.80. The van der Waals surface area contributed by atoms with Crippen molar-refractivity contribution in [2.24, 2.45) is 0 Å². The van der Waals surface area contributed by atoms with Crippen molar-refractivity contribution in [2.75, 3.05) is 6.61 Å². The van der Waals surface area contributed by atoms with Gasteiger partial charge >= 0.3 is 12.6 Å². The van der Waals surface area contributed by atoms with Crippen LogP contribution in [-0.4, -0.2) is 29.2 Å². The van der Waals surface area contributed by atoms with Gasteiger partial charge in [-0.05, 0) is 38.1 Å². The van der Waals surface area contributed by atoms with Gasteiger partial charge in [-0.15, -0.1) is 0 Å². The number of aryl methyl sites for hydroxylation is 1. The summed E-state index contributed by atoms with van der Waals surface area (Å²) in [5.74, 6) is -0.0417. The molecule has 1 aromatic carbocycles. The fraction of sp³-hybridized carbons (Fsp3) is 0.267. The van der Waals surface area contributed by atoms with Gasteiger partial charge in [0.05, 0.1) is 17.9 Å². The first-order chi connectivity index (χ1) is 10.5. The number of halogens is 2. The summed E-state index contributed by atoms with van der Waals surface area (Å²) in [6.45, 7) is 0.788. The standard InChI is InChI=1S/C15H14F2N2O3/c1-3-21-14(20)12-8-18-13(19-9(12)2)10-4-6-11(7-5-10)22-15(16)17/h4-8,15H,3H2,1-2H3. The maximum atomic E-state index is 12.1. The molecule has 0 aliphatic rings. The van der Waals surface area contributed by atoms with E-state index < -0.39 is 12.6 Å². The summed E-state index contributed by atoms with van der Waals surface area (Å²) >= 11 is 0. The van der Waals surface area contributed by atoms with E-state index in [0.717, 1.165) is 0 Å². The van der Waals surface area contributed by atoms with Crippen LogP contribution in [0.15, 0.2) is 30.5 Å². The van der Waals surface area contributed by atoms with Gasteiger partial charge in [-0.25, -0.2) is 14.8 Å². The van der Waals surface area contributed by atoms with Crippen LogP contribution in [0.1, 0.15) is 23.0 Å². The number of ether oxygens (including phenoxy) is 2. The second kappa shape index (κ2) is 6.93. The van der Waals surface area contributed by atoms with Crippen LogP contribution in [0, 0.1) is 6.92 Å². The predicted octanol–water partition coefficient (Wildman–Crippen LogP) is 3.23. The van der Waals surface area contributed by atoms with Gasteiger partial charge in [-0.3, -0.25) is 0 Å². The van der Waals surface area contributed by atoms with E-state index >= 15 is 0 Å². The Hall–Kier alpha value is -2.57. The van der Waals surface area contributed by atoms with E-state index in [1.54, 1.807) is 26.0 Å². The van der Waals surface area contributed by atoms with Crippen molar-refractivity contribution in [1.29, 1.82) is 0 Å². The van der Waals surface area contributed by atoms with Crippen molar-refractivity contribution in [2.45, 2.75) is 20.5 Å². The lowest BCUT2D eigenvalue weighted by Crippen LogP contribution is -2.09. The molecule has 0 fully saturated rings. The maximum absolute atomic E-state index is 12.1. The summed E-state index contributed by atoms with van der Waals surface area (Å²) < 4.78 is 33.3. The Morgan fingerprint density at radius 2 is 1.95 bits per heavy atom. The third-order valence-electron chi connectivity index (χ3n) is 2.81. The molecule has 0 amide bonds. The Morgan fingerprint density at radius 3 is 2.50 bits per heavy atom. The van der Waals surface area contributed by atoms with Crippen LogP contribution in [-0.2, 0) is 4.74 Å². The maximum Gasteiger partial charge on any atom is 0.387 e. The molecule has 0 saturated heterocycles. The van der Waals surface area contributed by atoms with Crippen LogP contribution in [0.5, 0.6) is 5.75 Å². The molecule has 0 unspecified atom stereocenters. The molecule has 5 nitrogen and oxygen atoms in total. The number of hydrogen-bond donors (Lipinski definition) is 0. The van der Waals surface area contributed by atoms with E-state index in [-0.39, 0.29) is 12.4 Å². The molecule has 2 rings (SSSR count). The highest BCUT2D eigenvalue weighted by molar-refractivity contribution is 5.90. The number of esters is 1. The van der Waals surface area contributed by atoms with Crippen molar-refractivity contribution < 1.29 is 23.0 Å². The van der Waals surface area contributed by atoms with E-state index in [1.165, 1.54) is 18.3 Å². The molecule has 0 radical (unpaired) electrons. The first kappa shape index (κ1) is 15.8. The Kier molecular flexibility index (Phi) is 4.98. The van der Waals surface area contributed by atoms with Crippen molar-refractivity contribution in [1.82, 2.24) is 9.97 Å². The molecule has 22 heavy (non-hydrogen) atoms. The molecule has 116 valence electrons. The van der Waals surface area contributed by atoms with Crippen molar-refractivity contribution in [3.63, 3.8) is 0 Å². The average molecular weight is 308 g/mol. The SMILES string of the molecule is CCOC(=O)c1cnc(-c2ccc(OC(F)F)cc2)nc1C. The van der Waals surface area contributed by atoms with E-state index in [0.29, 0.717) is 22.6 Å². The third-order valence-corrected chi connectivity index (χ3v) is 2.81. The normalized spacial score (nSPS) is 10.6. The van der Waals surface area contributed by atoms with Gasteiger partial charge in [-0.1, -0.05) is 0 Å². The van der Waals surface area contributed by atoms with Crippen molar-refractivity contribution >= 4 is 5.97 Å². The number of hydrogen-bond acceptors (Lipinski definition) is 5. The molecular formula is C15H14F2N2O3. The first-order valence-electron chi connectivity index (χ1n) is 6.57. The lowest BCUT2D eigenvalue weighted by atomic mass is 10.2. The summed E-state index contributed by atoms with van der Waals surface area (Å²) in [6, 6.07) is 5.94. The highest BCUT2D eigenvalue weighted by Crippen LogP contribution is 2.21. The van der Waals surface area contributed by atoms with Crippen molar-refractivity contribution in [3.8, 4) is 17.1 Å². The topological polar surface area (TPSA) is 61.3 Å². The van der Waals surface area contributed by atoms with Gasteiger partial charge < -0.3 is 9.47 Å². The molecule has 1 aromatic heterocycles. The average Bonchev–Trinajstić information content (AvgIpc) is 2.47. The minimum atomic E-state index is -2.87. The van der Waals surface area contributed by atoms with Gasteiger partial charge in [0.2, 0.25) is 0 Å². The molecule has 7 heteroatoms. The van der Waals surface area contributed by atoms with Crippen molar-refractivity contribution in [3.05, 3.63) is 41.7 Å². The smallest absolute Gasteiger partial charge is 0.387 e. The zero-order valence-corrected chi connectivity index (χ0v) is 12.0. The van der Waals surface area contributed by atoms with Crippen LogP contribution in [0.25, 0.3) is 11.4 Å². The number of aromatic nitrogens is 2. The summed E-state index contributed by atoms with van der Waals surface area (Å²) in [7, 11) is 0. The second-order valence-corrected chi connectivity index (χ2v) is 4.32. The van der Waals surface area contributed by atoms with E-state index in [2.05, 4.69) is 14.7 Å². The summed E-state index contributed by atoms with van der Waals surface area (Å²) in [5.41, 5.74) is 1.40. The van der Waals surface area contributed by atoms with Gasteiger partial charge in [0.1, 0.15) is 5.75 Å². The number of alkyl halides is 2. The molecule has 2 aromatic rings. The van der Waals surface area contributed by atoms with Crippen LogP contribution < -0.4 is 4.74 Å². The second-order valence-electron chi connectivity index (χ2n) is 4.32. The Bertz CT molecular complexity index is 660. The molecular weight excluding hydrogens is 294 g/mol. The fourth-order valence-electron chi connectivity index (χ4n) is 1.80.